The predicted octanol–water partition coefficient (Wildman–Crippen LogP) is 2.50. The van der Waals surface area contributed by atoms with Gasteiger partial charge in [-0.15, -0.1) is 0 Å². The van der Waals surface area contributed by atoms with E-state index in [1.165, 1.54) is 12.1 Å². The Hall–Kier alpha value is -3.23. The summed E-state index contributed by atoms with van der Waals surface area (Å²) in [5, 5.41) is 8.24. The van der Waals surface area contributed by atoms with E-state index in [4.69, 9.17) is 9.26 Å². The smallest absolute Gasteiger partial charge is 0.272 e. The molecule has 9 heteroatoms. The zero-order valence-electron chi connectivity index (χ0n) is 16.3. The minimum atomic E-state index is -0.303. The van der Waals surface area contributed by atoms with E-state index >= 15 is 0 Å². The van der Waals surface area contributed by atoms with Gasteiger partial charge in [0.2, 0.25) is 5.89 Å². The lowest BCUT2D eigenvalue weighted by Crippen LogP contribution is -2.30. The van der Waals surface area contributed by atoms with Crippen molar-refractivity contribution in [3.05, 3.63) is 59.3 Å². The summed E-state index contributed by atoms with van der Waals surface area (Å²) in [6, 6.07) is 7.64. The molecule has 8 nitrogen and oxygen atoms in total. The highest BCUT2D eigenvalue weighted by atomic mass is 19.1. The van der Waals surface area contributed by atoms with Gasteiger partial charge in [0.15, 0.2) is 5.82 Å². The molecule has 1 unspecified atom stereocenters. The molecule has 0 bridgehead atoms. The van der Waals surface area contributed by atoms with Gasteiger partial charge in [0.05, 0.1) is 18.2 Å². The van der Waals surface area contributed by atoms with Crippen LogP contribution in [0.15, 0.2) is 34.9 Å². The summed E-state index contributed by atoms with van der Waals surface area (Å²) < 4.78 is 25.5. The summed E-state index contributed by atoms with van der Waals surface area (Å²) >= 11 is 0. The monoisotopic (exact) mass is 399 g/mol. The Bertz CT molecular complexity index is 998. The van der Waals surface area contributed by atoms with Crippen LogP contribution in [0, 0.1) is 12.7 Å². The number of nitrogens with zero attached hydrogens (tertiary/aromatic N) is 5. The fraction of sp³-hybridized carbons (Fsp3) is 0.400. The lowest BCUT2D eigenvalue weighted by molar-refractivity contribution is 0.0778. The van der Waals surface area contributed by atoms with Crippen molar-refractivity contribution in [1.82, 2.24) is 24.8 Å². The average Bonchev–Trinajstić information content (AvgIpc) is 3.42. The van der Waals surface area contributed by atoms with Crippen molar-refractivity contribution in [3.63, 3.8) is 0 Å². The molecule has 1 aliphatic rings. The molecule has 1 aromatic carbocycles. The second-order valence-electron chi connectivity index (χ2n) is 7.13. The molecule has 1 amide bonds. The number of likely N-dealkylation sites (tertiary alicyclic amines) is 1. The first-order chi connectivity index (χ1) is 14.0. The highest BCUT2D eigenvalue weighted by Crippen LogP contribution is 2.27. The third-order valence-electron chi connectivity index (χ3n) is 4.94. The zero-order valence-corrected chi connectivity index (χ0v) is 16.3. The van der Waals surface area contributed by atoms with Gasteiger partial charge in [-0.05, 0) is 43.7 Å². The lowest BCUT2D eigenvalue weighted by Gasteiger charge is -2.15. The quantitative estimate of drug-likeness (QED) is 0.633. The van der Waals surface area contributed by atoms with Crippen molar-refractivity contribution in [2.75, 3.05) is 19.7 Å². The van der Waals surface area contributed by atoms with Crippen LogP contribution in [0.3, 0.4) is 0 Å². The molecule has 2 aromatic heterocycles. The van der Waals surface area contributed by atoms with Gasteiger partial charge in [-0.3, -0.25) is 9.48 Å². The van der Waals surface area contributed by atoms with Gasteiger partial charge < -0.3 is 14.2 Å². The van der Waals surface area contributed by atoms with Gasteiger partial charge in [-0.25, -0.2) is 4.39 Å². The molecule has 1 fully saturated rings. The van der Waals surface area contributed by atoms with E-state index in [1.807, 2.05) is 6.92 Å². The number of halogens is 1. The van der Waals surface area contributed by atoms with Gasteiger partial charge in [0, 0.05) is 26.6 Å². The highest BCUT2D eigenvalue weighted by Gasteiger charge is 2.32. The molecule has 1 saturated heterocycles. The number of hydrogen-bond donors (Lipinski definition) is 0. The standard InChI is InChI=1S/C20H22FN5O3/c1-13-11-17(25(2)23-13)20(27)26-9-7-14(12-26)19-22-18(24-29-19)8-10-28-16-5-3-15(21)4-6-16/h3-6,11,14H,7-10,12H2,1-2H3. The molecule has 1 atom stereocenters. The van der Waals surface area contributed by atoms with Gasteiger partial charge in [-0.1, -0.05) is 5.16 Å². The highest BCUT2D eigenvalue weighted by molar-refractivity contribution is 5.93. The Morgan fingerprint density at radius 3 is 2.86 bits per heavy atom. The summed E-state index contributed by atoms with van der Waals surface area (Å²) in [7, 11) is 1.77. The van der Waals surface area contributed by atoms with E-state index in [2.05, 4.69) is 15.2 Å². The summed E-state index contributed by atoms with van der Waals surface area (Å²) in [5.74, 6) is 1.36. The van der Waals surface area contributed by atoms with E-state index in [1.54, 1.807) is 34.8 Å². The maximum atomic E-state index is 12.9. The van der Waals surface area contributed by atoms with Crippen molar-refractivity contribution >= 4 is 5.91 Å². The molecule has 3 heterocycles. The van der Waals surface area contributed by atoms with Crippen LogP contribution in [-0.2, 0) is 13.5 Å². The fourth-order valence-electron chi connectivity index (χ4n) is 3.44. The van der Waals surface area contributed by atoms with Crippen molar-refractivity contribution in [3.8, 4) is 5.75 Å². The van der Waals surface area contributed by atoms with E-state index in [0.29, 0.717) is 49.3 Å². The summed E-state index contributed by atoms with van der Waals surface area (Å²) in [5.41, 5.74) is 1.39. The molecule has 0 radical (unpaired) electrons. The topological polar surface area (TPSA) is 86.3 Å². The maximum Gasteiger partial charge on any atom is 0.272 e. The number of hydrogen-bond acceptors (Lipinski definition) is 6. The van der Waals surface area contributed by atoms with Crippen molar-refractivity contribution < 1.29 is 18.4 Å². The van der Waals surface area contributed by atoms with Crippen LogP contribution in [0.5, 0.6) is 5.75 Å². The predicted molar refractivity (Wildman–Crippen MR) is 101 cm³/mol. The first-order valence-electron chi connectivity index (χ1n) is 9.50. The molecular weight excluding hydrogens is 377 g/mol. The summed E-state index contributed by atoms with van der Waals surface area (Å²) in [4.78, 5) is 19.0. The summed E-state index contributed by atoms with van der Waals surface area (Å²) in [6.45, 7) is 3.40. The van der Waals surface area contributed by atoms with Crippen molar-refractivity contribution in [1.29, 1.82) is 0 Å². The van der Waals surface area contributed by atoms with E-state index in [9.17, 15) is 9.18 Å². The van der Waals surface area contributed by atoms with Crippen LogP contribution in [0.1, 0.15) is 40.2 Å². The molecule has 0 saturated carbocycles. The van der Waals surface area contributed by atoms with E-state index in [0.717, 1.165) is 12.1 Å². The van der Waals surface area contributed by atoms with Crippen molar-refractivity contribution in [2.24, 2.45) is 7.05 Å². The number of aryl methyl sites for hydroxylation is 2. The fourth-order valence-corrected chi connectivity index (χ4v) is 3.44. The largest absolute Gasteiger partial charge is 0.493 e. The van der Waals surface area contributed by atoms with Gasteiger partial charge in [-0.2, -0.15) is 10.1 Å². The van der Waals surface area contributed by atoms with Gasteiger partial charge in [0.1, 0.15) is 17.3 Å². The second kappa shape index (κ2) is 8.02. The molecule has 0 spiro atoms. The Balaban J connectivity index is 1.31. The molecule has 0 aliphatic carbocycles. The molecule has 4 rings (SSSR count). The molecule has 152 valence electrons. The molecular formula is C20H22FN5O3. The molecule has 0 N–H and O–H groups in total. The number of aromatic nitrogens is 4. The zero-order chi connectivity index (χ0) is 20.4. The Morgan fingerprint density at radius 1 is 1.34 bits per heavy atom. The van der Waals surface area contributed by atoms with Gasteiger partial charge >= 0.3 is 0 Å². The number of rotatable bonds is 6. The Labute approximate surface area is 167 Å². The van der Waals surface area contributed by atoms with Crippen LogP contribution in [-0.4, -0.2) is 50.4 Å². The third kappa shape index (κ3) is 4.28. The molecule has 1 aliphatic heterocycles. The van der Waals surface area contributed by atoms with Crippen molar-refractivity contribution in [2.45, 2.75) is 25.7 Å². The van der Waals surface area contributed by atoms with Crippen LogP contribution in [0.4, 0.5) is 4.39 Å². The number of benzene rings is 1. The van der Waals surface area contributed by atoms with Crippen LogP contribution in [0.25, 0.3) is 0 Å². The SMILES string of the molecule is Cc1cc(C(=O)N2CCC(c3nc(CCOc4ccc(F)cc4)no3)C2)n(C)n1. The maximum absolute atomic E-state index is 12.9. The number of carbonyl (C=O) groups is 1. The number of ether oxygens (including phenoxy) is 1. The summed E-state index contributed by atoms with van der Waals surface area (Å²) in [6.07, 6.45) is 1.25. The van der Waals surface area contributed by atoms with Crippen LogP contribution >= 0.6 is 0 Å². The average molecular weight is 399 g/mol. The van der Waals surface area contributed by atoms with Crippen LogP contribution in [0.2, 0.25) is 0 Å². The van der Waals surface area contributed by atoms with Crippen LogP contribution < -0.4 is 4.74 Å². The van der Waals surface area contributed by atoms with E-state index in [-0.39, 0.29) is 17.6 Å². The Morgan fingerprint density at radius 2 is 2.14 bits per heavy atom. The molecule has 3 aromatic rings. The van der Waals surface area contributed by atoms with E-state index < -0.39 is 0 Å². The minimum Gasteiger partial charge on any atom is -0.493 e. The van der Waals surface area contributed by atoms with Gasteiger partial charge in [0.25, 0.3) is 5.91 Å². The first-order valence-corrected chi connectivity index (χ1v) is 9.50. The first kappa shape index (κ1) is 19.1. The third-order valence-corrected chi connectivity index (χ3v) is 4.94. The number of amides is 1. The second-order valence-corrected chi connectivity index (χ2v) is 7.13. The minimum absolute atomic E-state index is 0.0209. The normalized spacial score (nSPS) is 16.4. The Kier molecular flexibility index (Phi) is 5.28. The molecule has 29 heavy (non-hydrogen) atoms. The lowest BCUT2D eigenvalue weighted by atomic mass is 10.1. The number of carbonyl (C=O) groups excluding carboxylic acids is 1.